The Morgan fingerprint density at radius 1 is 1.31 bits per heavy atom. The van der Waals surface area contributed by atoms with Crippen molar-refractivity contribution in [3.05, 3.63) is 23.8 Å². The van der Waals surface area contributed by atoms with Crippen molar-refractivity contribution >= 4 is 11.4 Å². The summed E-state index contributed by atoms with van der Waals surface area (Å²) in [5.74, 6) is 0. The van der Waals surface area contributed by atoms with E-state index in [4.69, 9.17) is 5.73 Å². The standard InChI is InChI=1S/C14H22N2/c1-11-6-4-7-12(15)13(11)16-9-5-8-14(2,3)10-16/h4,6-7H,5,8-10,15H2,1-3H3. The van der Waals surface area contributed by atoms with Gasteiger partial charge in [0, 0.05) is 13.1 Å². The second kappa shape index (κ2) is 4.00. The third-order valence-corrected chi connectivity index (χ3v) is 3.49. The van der Waals surface area contributed by atoms with Crippen LogP contribution < -0.4 is 10.6 Å². The predicted octanol–water partition coefficient (Wildman–Crippen LogP) is 3.20. The third kappa shape index (κ3) is 2.16. The van der Waals surface area contributed by atoms with Gasteiger partial charge in [0.2, 0.25) is 0 Å². The molecule has 0 bridgehead atoms. The molecule has 0 radical (unpaired) electrons. The van der Waals surface area contributed by atoms with Gasteiger partial charge in [-0.15, -0.1) is 0 Å². The number of aryl methyl sites for hydroxylation is 1. The van der Waals surface area contributed by atoms with Gasteiger partial charge in [0.05, 0.1) is 11.4 Å². The van der Waals surface area contributed by atoms with Crippen molar-refractivity contribution in [3.63, 3.8) is 0 Å². The van der Waals surface area contributed by atoms with Crippen LogP contribution in [0.15, 0.2) is 18.2 Å². The average Bonchev–Trinajstić information content (AvgIpc) is 2.15. The Balaban J connectivity index is 2.30. The van der Waals surface area contributed by atoms with Crippen molar-refractivity contribution in [1.29, 1.82) is 0 Å². The summed E-state index contributed by atoms with van der Waals surface area (Å²) in [5, 5.41) is 0. The molecule has 0 spiro atoms. The van der Waals surface area contributed by atoms with E-state index in [9.17, 15) is 0 Å². The predicted molar refractivity (Wildman–Crippen MR) is 70.8 cm³/mol. The summed E-state index contributed by atoms with van der Waals surface area (Å²) in [6.45, 7) is 9.08. The minimum atomic E-state index is 0.410. The van der Waals surface area contributed by atoms with Crippen LogP contribution in [0.3, 0.4) is 0 Å². The Morgan fingerprint density at radius 3 is 2.69 bits per heavy atom. The molecule has 1 aliphatic rings. The molecule has 2 N–H and O–H groups in total. The SMILES string of the molecule is Cc1cccc(N)c1N1CCCC(C)(C)C1. The van der Waals surface area contributed by atoms with Gasteiger partial charge in [-0.3, -0.25) is 0 Å². The number of nitrogen functional groups attached to an aromatic ring is 1. The second-order valence-corrected chi connectivity index (χ2v) is 5.70. The average molecular weight is 218 g/mol. The summed E-state index contributed by atoms with van der Waals surface area (Å²) in [7, 11) is 0. The lowest BCUT2D eigenvalue weighted by atomic mass is 9.84. The maximum atomic E-state index is 6.10. The van der Waals surface area contributed by atoms with Crippen molar-refractivity contribution in [2.45, 2.75) is 33.6 Å². The number of hydrogen-bond donors (Lipinski definition) is 1. The molecule has 0 aromatic heterocycles. The lowest BCUT2D eigenvalue weighted by Gasteiger charge is -2.40. The molecule has 88 valence electrons. The molecular weight excluding hydrogens is 196 g/mol. The van der Waals surface area contributed by atoms with Crippen LogP contribution in [0.25, 0.3) is 0 Å². The molecule has 0 aliphatic carbocycles. The highest BCUT2D eigenvalue weighted by Gasteiger charge is 2.27. The van der Waals surface area contributed by atoms with E-state index >= 15 is 0 Å². The van der Waals surface area contributed by atoms with Crippen LogP contribution in [-0.2, 0) is 0 Å². The van der Waals surface area contributed by atoms with Crippen molar-refractivity contribution in [2.24, 2.45) is 5.41 Å². The van der Waals surface area contributed by atoms with Crippen LogP contribution in [0, 0.1) is 12.3 Å². The topological polar surface area (TPSA) is 29.3 Å². The molecule has 1 fully saturated rings. The molecule has 1 aliphatic heterocycles. The molecule has 0 atom stereocenters. The molecule has 16 heavy (non-hydrogen) atoms. The zero-order chi connectivity index (χ0) is 11.8. The monoisotopic (exact) mass is 218 g/mol. The molecule has 2 nitrogen and oxygen atoms in total. The molecule has 0 unspecified atom stereocenters. The first kappa shape index (κ1) is 11.3. The summed E-state index contributed by atoms with van der Waals surface area (Å²) in [6.07, 6.45) is 2.58. The second-order valence-electron chi connectivity index (χ2n) is 5.70. The zero-order valence-electron chi connectivity index (χ0n) is 10.6. The molecule has 0 amide bonds. The first-order chi connectivity index (χ1) is 7.49. The third-order valence-electron chi connectivity index (χ3n) is 3.49. The summed E-state index contributed by atoms with van der Waals surface area (Å²) in [5.41, 5.74) is 9.96. The van der Waals surface area contributed by atoms with Crippen molar-refractivity contribution in [2.75, 3.05) is 23.7 Å². The smallest absolute Gasteiger partial charge is 0.0629 e. The number of piperidine rings is 1. The molecule has 1 heterocycles. The number of anilines is 2. The van der Waals surface area contributed by atoms with Gasteiger partial charge in [-0.1, -0.05) is 26.0 Å². The Morgan fingerprint density at radius 2 is 2.06 bits per heavy atom. The van der Waals surface area contributed by atoms with Gasteiger partial charge in [0.15, 0.2) is 0 Å². The van der Waals surface area contributed by atoms with Crippen LogP contribution >= 0.6 is 0 Å². The highest BCUT2D eigenvalue weighted by atomic mass is 15.2. The largest absolute Gasteiger partial charge is 0.397 e. The Hall–Kier alpha value is -1.18. The fourth-order valence-corrected chi connectivity index (χ4v) is 2.73. The van der Waals surface area contributed by atoms with Gasteiger partial charge in [0.1, 0.15) is 0 Å². The highest BCUT2D eigenvalue weighted by Crippen LogP contribution is 2.35. The lowest BCUT2D eigenvalue weighted by Crippen LogP contribution is -2.40. The number of nitrogens with zero attached hydrogens (tertiary/aromatic N) is 1. The molecule has 2 rings (SSSR count). The van der Waals surface area contributed by atoms with Gasteiger partial charge < -0.3 is 10.6 Å². The number of hydrogen-bond acceptors (Lipinski definition) is 2. The molecule has 1 aromatic carbocycles. The van der Waals surface area contributed by atoms with Gasteiger partial charge in [-0.2, -0.15) is 0 Å². The number of nitrogens with two attached hydrogens (primary N) is 1. The van der Waals surface area contributed by atoms with Crippen LogP contribution in [0.1, 0.15) is 32.3 Å². The minimum Gasteiger partial charge on any atom is -0.397 e. The van der Waals surface area contributed by atoms with Gasteiger partial charge in [-0.25, -0.2) is 0 Å². The van der Waals surface area contributed by atoms with Crippen LogP contribution in [0.5, 0.6) is 0 Å². The first-order valence-corrected chi connectivity index (χ1v) is 6.10. The van der Waals surface area contributed by atoms with Crippen LogP contribution in [0.2, 0.25) is 0 Å². The summed E-state index contributed by atoms with van der Waals surface area (Å²) >= 11 is 0. The van der Waals surface area contributed by atoms with Crippen LogP contribution in [0.4, 0.5) is 11.4 Å². The quantitative estimate of drug-likeness (QED) is 0.733. The summed E-state index contributed by atoms with van der Waals surface area (Å²) < 4.78 is 0. The van der Waals surface area contributed by atoms with E-state index in [1.807, 2.05) is 12.1 Å². The van der Waals surface area contributed by atoms with Gasteiger partial charge in [0.25, 0.3) is 0 Å². The molecule has 1 aromatic rings. The van der Waals surface area contributed by atoms with E-state index in [-0.39, 0.29) is 0 Å². The van der Waals surface area contributed by atoms with Crippen molar-refractivity contribution in [1.82, 2.24) is 0 Å². The zero-order valence-corrected chi connectivity index (χ0v) is 10.6. The van der Waals surface area contributed by atoms with Crippen LogP contribution in [-0.4, -0.2) is 13.1 Å². The van der Waals surface area contributed by atoms with Crippen molar-refractivity contribution in [3.8, 4) is 0 Å². The normalized spacial score (nSPS) is 19.8. The fraction of sp³-hybridized carbons (Fsp3) is 0.571. The van der Waals surface area contributed by atoms with E-state index in [2.05, 4.69) is 31.7 Å². The number of rotatable bonds is 1. The first-order valence-electron chi connectivity index (χ1n) is 6.10. The molecule has 1 saturated heterocycles. The Labute approximate surface area is 98.4 Å². The minimum absolute atomic E-state index is 0.410. The van der Waals surface area contributed by atoms with E-state index in [0.717, 1.165) is 18.8 Å². The van der Waals surface area contributed by atoms with Crippen molar-refractivity contribution < 1.29 is 0 Å². The molecule has 0 saturated carbocycles. The lowest BCUT2D eigenvalue weighted by molar-refractivity contribution is 0.293. The van der Waals surface area contributed by atoms with Gasteiger partial charge >= 0.3 is 0 Å². The van der Waals surface area contributed by atoms with E-state index < -0.39 is 0 Å². The maximum absolute atomic E-state index is 6.10. The maximum Gasteiger partial charge on any atom is 0.0629 e. The number of para-hydroxylation sites is 1. The Bertz CT molecular complexity index is 362. The fourth-order valence-electron chi connectivity index (χ4n) is 2.73. The Kier molecular flexibility index (Phi) is 2.83. The number of benzene rings is 1. The van der Waals surface area contributed by atoms with Gasteiger partial charge in [-0.05, 0) is 36.8 Å². The van der Waals surface area contributed by atoms with E-state index in [1.165, 1.54) is 24.1 Å². The van der Waals surface area contributed by atoms with E-state index in [1.54, 1.807) is 0 Å². The molecule has 2 heteroatoms. The van der Waals surface area contributed by atoms with E-state index in [0.29, 0.717) is 5.41 Å². The highest BCUT2D eigenvalue weighted by molar-refractivity contribution is 5.71. The summed E-state index contributed by atoms with van der Waals surface area (Å²) in [4.78, 5) is 2.45. The summed E-state index contributed by atoms with van der Waals surface area (Å²) in [6, 6.07) is 6.18. The molecular formula is C14H22N2.